The molecule has 2 aromatic heterocycles. The zero-order valence-corrected chi connectivity index (χ0v) is 17.5. The molecule has 31 heavy (non-hydrogen) atoms. The Morgan fingerprint density at radius 3 is 2.55 bits per heavy atom. The van der Waals surface area contributed by atoms with Crippen LogP contribution in [0, 0.1) is 0 Å². The van der Waals surface area contributed by atoms with Crippen molar-refractivity contribution in [2.24, 2.45) is 0 Å². The standard InChI is InChI=1S/C25H24N4O2/c1-18(30)29-17-22-16-26-23(14-20(22)7-6-19-4-2-3-5-24(19)29)21-8-9-25(27-15-21)28-10-12-31-13-11-28/h2-9,14-16H,10-13,17H2,1H3/b7-6-. The third-order valence-electron chi connectivity index (χ3n) is 5.78. The van der Waals surface area contributed by atoms with E-state index in [1.54, 1.807) is 11.8 Å². The van der Waals surface area contributed by atoms with Gasteiger partial charge in [-0.15, -0.1) is 0 Å². The quantitative estimate of drug-likeness (QED) is 0.636. The lowest BCUT2D eigenvalue weighted by Gasteiger charge is -2.27. The van der Waals surface area contributed by atoms with Crippen LogP contribution in [0.2, 0.25) is 0 Å². The Labute approximate surface area is 181 Å². The molecular formula is C25H24N4O2. The Morgan fingerprint density at radius 2 is 1.77 bits per heavy atom. The van der Waals surface area contributed by atoms with E-state index < -0.39 is 0 Å². The van der Waals surface area contributed by atoms with Crippen molar-refractivity contribution in [3.63, 3.8) is 0 Å². The first-order valence-corrected chi connectivity index (χ1v) is 10.5. The highest BCUT2D eigenvalue weighted by atomic mass is 16.5. The maximum Gasteiger partial charge on any atom is 0.224 e. The van der Waals surface area contributed by atoms with E-state index in [9.17, 15) is 4.79 Å². The lowest BCUT2D eigenvalue weighted by atomic mass is 10.0. The van der Waals surface area contributed by atoms with Gasteiger partial charge in [0.2, 0.25) is 5.91 Å². The number of aromatic nitrogens is 2. The second-order valence-electron chi connectivity index (χ2n) is 7.77. The van der Waals surface area contributed by atoms with Crippen molar-refractivity contribution in [2.45, 2.75) is 13.5 Å². The Kier molecular flexibility index (Phi) is 5.22. The number of hydrogen-bond donors (Lipinski definition) is 0. The number of carbonyl (C=O) groups is 1. The van der Waals surface area contributed by atoms with Gasteiger partial charge < -0.3 is 14.5 Å². The Morgan fingerprint density at radius 1 is 0.968 bits per heavy atom. The normalized spacial score (nSPS) is 16.7. The molecule has 156 valence electrons. The molecule has 0 unspecified atom stereocenters. The average Bonchev–Trinajstić information content (AvgIpc) is 2.81. The number of morpholine rings is 1. The fraction of sp³-hybridized carbons (Fsp3) is 0.240. The second kappa shape index (κ2) is 8.32. The molecule has 0 bridgehead atoms. The number of rotatable bonds is 2. The summed E-state index contributed by atoms with van der Waals surface area (Å²) in [5.41, 5.74) is 5.86. The lowest BCUT2D eigenvalue weighted by Crippen LogP contribution is -2.36. The van der Waals surface area contributed by atoms with Gasteiger partial charge in [0.1, 0.15) is 5.82 Å². The number of carbonyl (C=O) groups excluding carboxylic acids is 1. The van der Waals surface area contributed by atoms with Crippen LogP contribution >= 0.6 is 0 Å². The van der Waals surface area contributed by atoms with Gasteiger partial charge in [0, 0.05) is 38.0 Å². The summed E-state index contributed by atoms with van der Waals surface area (Å²) < 4.78 is 5.42. The second-order valence-corrected chi connectivity index (χ2v) is 7.77. The molecule has 2 aliphatic heterocycles. The Bertz CT molecular complexity index is 1130. The van der Waals surface area contributed by atoms with Crippen LogP contribution in [0.3, 0.4) is 0 Å². The zero-order valence-electron chi connectivity index (χ0n) is 17.5. The number of ether oxygens (including phenoxy) is 1. The molecule has 1 saturated heterocycles. The smallest absolute Gasteiger partial charge is 0.224 e. The number of para-hydroxylation sites is 1. The van der Waals surface area contributed by atoms with Crippen molar-refractivity contribution in [3.05, 3.63) is 71.5 Å². The molecule has 3 aromatic rings. The largest absolute Gasteiger partial charge is 0.378 e. The maximum atomic E-state index is 12.3. The summed E-state index contributed by atoms with van der Waals surface area (Å²) in [6.07, 6.45) is 7.91. The molecule has 0 saturated carbocycles. The predicted molar refractivity (Wildman–Crippen MR) is 123 cm³/mol. The summed E-state index contributed by atoms with van der Waals surface area (Å²) in [4.78, 5) is 25.7. The number of pyridine rings is 2. The first-order valence-electron chi connectivity index (χ1n) is 10.5. The number of anilines is 2. The molecule has 0 radical (unpaired) electrons. The monoisotopic (exact) mass is 412 g/mol. The van der Waals surface area contributed by atoms with Crippen molar-refractivity contribution in [3.8, 4) is 11.3 Å². The SMILES string of the molecule is CC(=O)N1Cc2cnc(-c3ccc(N4CCOCC4)nc3)cc2/C=C\c2ccccc21. The first-order chi connectivity index (χ1) is 15.2. The molecule has 0 N–H and O–H groups in total. The fourth-order valence-corrected chi connectivity index (χ4v) is 4.05. The molecule has 0 atom stereocenters. The summed E-state index contributed by atoms with van der Waals surface area (Å²) in [6.45, 7) is 5.30. The van der Waals surface area contributed by atoms with Gasteiger partial charge in [0.25, 0.3) is 0 Å². The van der Waals surface area contributed by atoms with E-state index in [1.165, 1.54) is 0 Å². The lowest BCUT2D eigenvalue weighted by molar-refractivity contribution is -0.116. The van der Waals surface area contributed by atoms with Gasteiger partial charge in [-0.05, 0) is 41.0 Å². The van der Waals surface area contributed by atoms with E-state index in [1.807, 2.05) is 42.7 Å². The van der Waals surface area contributed by atoms with Crippen molar-refractivity contribution in [1.29, 1.82) is 0 Å². The van der Waals surface area contributed by atoms with Gasteiger partial charge in [-0.3, -0.25) is 9.78 Å². The summed E-state index contributed by atoms with van der Waals surface area (Å²) in [5.74, 6) is 0.979. The highest BCUT2D eigenvalue weighted by Gasteiger charge is 2.19. The van der Waals surface area contributed by atoms with E-state index in [0.717, 1.165) is 65.8 Å². The van der Waals surface area contributed by atoms with Crippen LogP contribution in [-0.4, -0.2) is 42.2 Å². The minimum Gasteiger partial charge on any atom is -0.378 e. The average molecular weight is 412 g/mol. The van der Waals surface area contributed by atoms with E-state index >= 15 is 0 Å². The van der Waals surface area contributed by atoms with E-state index in [4.69, 9.17) is 4.74 Å². The zero-order chi connectivity index (χ0) is 21.2. The maximum absolute atomic E-state index is 12.3. The Hall–Kier alpha value is -3.51. The first kappa shape index (κ1) is 19.5. The summed E-state index contributed by atoms with van der Waals surface area (Å²) in [6, 6.07) is 14.1. The van der Waals surface area contributed by atoms with Gasteiger partial charge >= 0.3 is 0 Å². The van der Waals surface area contributed by atoms with Crippen LogP contribution in [0.1, 0.15) is 23.6 Å². The number of amides is 1. The highest BCUT2D eigenvalue weighted by molar-refractivity contribution is 5.95. The van der Waals surface area contributed by atoms with Crippen LogP contribution in [0.5, 0.6) is 0 Å². The fourth-order valence-electron chi connectivity index (χ4n) is 4.05. The number of fused-ring (bicyclic) bond motifs is 2. The molecule has 0 aliphatic carbocycles. The van der Waals surface area contributed by atoms with Gasteiger partial charge in [-0.25, -0.2) is 4.98 Å². The molecule has 6 heteroatoms. The molecular weight excluding hydrogens is 388 g/mol. The number of nitrogens with zero attached hydrogens (tertiary/aromatic N) is 4. The Balaban J connectivity index is 1.47. The van der Waals surface area contributed by atoms with E-state index in [-0.39, 0.29) is 5.91 Å². The summed E-state index contributed by atoms with van der Waals surface area (Å²) in [5, 5.41) is 0. The van der Waals surface area contributed by atoms with Crippen LogP contribution in [0.25, 0.3) is 23.4 Å². The topological polar surface area (TPSA) is 58.6 Å². The molecule has 5 rings (SSSR count). The third kappa shape index (κ3) is 3.94. The van der Waals surface area contributed by atoms with Gasteiger partial charge in [-0.2, -0.15) is 0 Å². The highest BCUT2D eigenvalue weighted by Crippen LogP contribution is 2.30. The van der Waals surface area contributed by atoms with Crippen LogP contribution in [0.15, 0.2) is 54.9 Å². The van der Waals surface area contributed by atoms with Crippen molar-refractivity contribution < 1.29 is 9.53 Å². The van der Waals surface area contributed by atoms with Crippen LogP contribution in [-0.2, 0) is 16.1 Å². The summed E-state index contributed by atoms with van der Waals surface area (Å²) >= 11 is 0. The van der Waals surface area contributed by atoms with Gasteiger partial charge in [0.15, 0.2) is 0 Å². The molecule has 2 aliphatic rings. The molecule has 1 aromatic carbocycles. The molecule has 1 fully saturated rings. The number of hydrogen-bond acceptors (Lipinski definition) is 5. The van der Waals surface area contributed by atoms with Crippen LogP contribution in [0.4, 0.5) is 11.5 Å². The molecule has 6 nitrogen and oxygen atoms in total. The molecule has 4 heterocycles. The van der Waals surface area contributed by atoms with E-state index in [2.05, 4.69) is 39.2 Å². The van der Waals surface area contributed by atoms with Crippen molar-refractivity contribution in [2.75, 3.05) is 36.1 Å². The molecule has 0 spiro atoms. The predicted octanol–water partition coefficient (Wildman–Crippen LogP) is 4.02. The minimum atomic E-state index is 0.0145. The van der Waals surface area contributed by atoms with Crippen molar-refractivity contribution in [1.82, 2.24) is 9.97 Å². The van der Waals surface area contributed by atoms with Gasteiger partial charge in [0.05, 0.1) is 31.1 Å². The molecule has 1 amide bonds. The third-order valence-corrected chi connectivity index (χ3v) is 5.78. The number of benzene rings is 1. The minimum absolute atomic E-state index is 0.0145. The summed E-state index contributed by atoms with van der Waals surface area (Å²) in [7, 11) is 0. The van der Waals surface area contributed by atoms with Crippen molar-refractivity contribution >= 4 is 29.6 Å². The van der Waals surface area contributed by atoms with Crippen LogP contribution < -0.4 is 9.80 Å². The van der Waals surface area contributed by atoms with E-state index in [0.29, 0.717) is 6.54 Å². The van der Waals surface area contributed by atoms with Gasteiger partial charge in [-0.1, -0.05) is 30.4 Å².